The standard InChI is InChI=1S/C59H74N10O3/c1-58(2,3)52(68(34-19-31-60)56(70)62-33-36-72-7)54-64-51(46-26-15-10-16-27-46)42-67(54)40-44-23-17-28-47(37-44)48-29-18-30-49(38-48)63-57(71)69(35-20-32-61)53(59(4,5)6)55-65-50(45-24-13-9-14-25-45)41-66(55)39-43-21-11-8-12-22-43/h8-18,21-30,37-38,41-42,52-53H,19-20,31-36,39-40,60-61H2,1-7H3,(H,62,70)(H,63,71)/t52-,53-/m0/s1. The van der Waals surface area contributed by atoms with Crippen molar-refractivity contribution < 1.29 is 14.3 Å². The molecule has 0 radical (unpaired) electrons. The van der Waals surface area contributed by atoms with Crippen molar-refractivity contribution >= 4 is 17.7 Å². The first-order chi connectivity index (χ1) is 34.7. The Labute approximate surface area is 426 Å². The number of hydrogen-bond donors (Lipinski definition) is 4. The zero-order valence-electron chi connectivity index (χ0n) is 43.2. The predicted molar refractivity (Wildman–Crippen MR) is 291 cm³/mol. The van der Waals surface area contributed by atoms with E-state index >= 15 is 0 Å². The van der Waals surface area contributed by atoms with Crippen LogP contribution in [0.1, 0.15) is 89.2 Å². The number of nitrogens with two attached hydrogens (primary N) is 2. The van der Waals surface area contributed by atoms with Gasteiger partial charge in [0.1, 0.15) is 11.6 Å². The number of anilines is 1. The Morgan fingerprint density at radius 2 is 1.03 bits per heavy atom. The van der Waals surface area contributed by atoms with E-state index in [1.54, 1.807) is 7.11 Å². The average molecular weight is 971 g/mol. The molecule has 5 aromatic carbocycles. The van der Waals surface area contributed by atoms with Gasteiger partial charge in [0.15, 0.2) is 0 Å². The molecule has 0 bridgehead atoms. The monoisotopic (exact) mass is 971 g/mol. The van der Waals surface area contributed by atoms with Crippen LogP contribution in [-0.2, 0) is 17.8 Å². The molecule has 2 aromatic heterocycles. The molecule has 13 heteroatoms. The summed E-state index contributed by atoms with van der Waals surface area (Å²) in [4.78, 5) is 43.3. The van der Waals surface area contributed by atoms with Crippen molar-refractivity contribution in [3.05, 3.63) is 175 Å². The van der Waals surface area contributed by atoms with E-state index in [1.165, 1.54) is 0 Å². The maximum atomic E-state index is 14.9. The minimum atomic E-state index is -0.412. The van der Waals surface area contributed by atoms with Crippen LogP contribution in [-0.4, -0.2) is 87.4 Å². The molecule has 0 aliphatic rings. The van der Waals surface area contributed by atoms with Gasteiger partial charge in [-0.05, 0) is 77.2 Å². The molecule has 0 fully saturated rings. The van der Waals surface area contributed by atoms with Gasteiger partial charge in [0, 0.05) is 69.0 Å². The molecule has 0 unspecified atom stereocenters. The average Bonchev–Trinajstić information content (AvgIpc) is 3.97. The molecule has 0 spiro atoms. The van der Waals surface area contributed by atoms with Crippen molar-refractivity contribution in [1.82, 2.24) is 34.2 Å². The molecule has 13 nitrogen and oxygen atoms in total. The van der Waals surface area contributed by atoms with Gasteiger partial charge in [0.05, 0.1) is 30.1 Å². The van der Waals surface area contributed by atoms with Crippen LogP contribution in [0.15, 0.2) is 152 Å². The van der Waals surface area contributed by atoms with Crippen molar-refractivity contribution in [2.24, 2.45) is 22.3 Å². The van der Waals surface area contributed by atoms with Crippen molar-refractivity contribution in [2.45, 2.75) is 79.6 Å². The van der Waals surface area contributed by atoms with E-state index in [9.17, 15) is 9.59 Å². The van der Waals surface area contributed by atoms with Crippen LogP contribution in [0.2, 0.25) is 0 Å². The number of benzene rings is 5. The number of urea groups is 2. The van der Waals surface area contributed by atoms with Gasteiger partial charge in [-0.3, -0.25) is 0 Å². The molecular weight excluding hydrogens is 897 g/mol. The van der Waals surface area contributed by atoms with Crippen LogP contribution < -0.4 is 22.1 Å². The summed E-state index contributed by atoms with van der Waals surface area (Å²) in [5.41, 5.74) is 19.9. The van der Waals surface area contributed by atoms with E-state index in [0.29, 0.717) is 70.9 Å². The highest BCUT2D eigenvalue weighted by Gasteiger charge is 2.40. The lowest BCUT2D eigenvalue weighted by Crippen LogP contribution is -2.48. The second-order valence-corrected chi connectivity index (χ2v) is 20.6. The maximum absolute atomic E-state index is 14.9. The number of aromatic nitrogens is 4. The van der Waals surface area contributed by atoms with Crippen LogP contribution in [0, 0.1) is 10.8 Å². The van der Waals surface area contributed by atoms with E-state index in [4.69, 9.17) is 26.2 Å². The van der Waals surface area contributed by atoms with E-state index in [1.807, 2.05) is 82.6 Å². The summed E-state index contributed by atoms with van der Waals surface area (Å²) in [7, 11) is 1.62. The first kappa shape index (κ1) is 52.8. The summed E-state index contributed by atoms with van der Waals surface area (Å²) >= 11 is 0. The topological polar surface area (TPSA) is 162 Å². The lowest BCUT2D eigenvalue weighted by atomic mass is 9.84. The molecular formula is C59H74N10O3. The number of carbonyl (C=O) groups excluding carboxylic acids is 2. The van der Waals surface area contributed by atoms with Crippen LogP contribution in [0.25, 0.3) is 33.6 Å². The Balaban J connectivity index is 1.21. The molecule has 2 atom stereocenters. The van der Waals surface area contributed by atoms with Gasteiger partial charge in [-0.15, -0.1) is 0 Å². The van der Waals surface area contributed by atoms with Crippen LogP contribution in [0.4, 0.5) is 15.3 Å². The quantitative estimate of drug-likeness (QED) is 0.0521. The molecule has 0 aliphatic heterocycles. The van der Waals surface area contributed by atoms with Crippen LogP contribution in [0.5, 0.6) is 0 Å². The summed E-state index contributed by atoms with van der Waals surface area (Å²) in [5, 5.41) is 6.35. The Hall–Kier alpha value is -7.06. The third kappa shape index (κ3) is 13.5. The molecule has 2 heterocycles. The van der Waals surface area contributed by atoms with Gasteiger partial charge in [-0.2, -0.15) is 0 Å². The second-order valence-electron chi connectivity index (χ2n) is 20.6. The van der Waals surface area contributed by atoms with Gasteiger partial charge in [0.25, 0.3) is 0 Å². The van der Waals surface area contributed by atoms with Crippen molar-refractivity contribution in [2.75, 3.05) is 51.8 Å². The predicted octanol–water partition coefficient (Wildman–Crippen LogP) is 11.2. The van der Waals surface area contributed by atoms with E-state index < -0.39 is 22.9 Å². The van der Waals surface area contributed by atoms with Gasteiger partial charge in [-0.25, -0.2) is 19.6 Å². The summed E-state index contributed by atoms with van der Waals surface area (Å²) < 4.78 is 9.64. The summed E-state index contributed by atoms with van der Waals surface area (Å²) in [6, 6.07) is 45.9. The molecule has 7 aromatic rings. The number of rotatable bonds is 21. The molecule has 72 heavy (non-hydrogen) atoms. The first-order valence-electron chi connectivity index (χ1n) is 25.2. The third-order valence-corrected chi connectivity index (χ3v) is 12.7. The fourth-order valence-electron chi connectivity index (χ4n) is 9.41. The Kier molecular flexibility index (Phi) is 17.9. The van der Waals surface area contributed by atoms with Crippen molar-refractivity contribution in [3.8, 4) is 33.6 Å². The highest BCUT2D eigenvalue weighted by atomic mass is 16.5. The van der Waals surface area contributed by atoms with E-state index in [2.05, 4.69) is 140 Å². The van der Waals surface area contributed by atoms with Gasteiger partial charge in [-0.1, -0.05) is 163 Å². The lowest BCUT2D eigenvalue weighted by molar-refractivity contribution is 0.106. The summed E-state index contributed by atoms with van der Waals surface area (Å²) in [6.07, 6.45) is 5.45. The number of nitrogens with one attached hydrogen (secondary N) is 2. The van der Waals surface area contributed by atoms with Gasteiger partial charge in [0.2, 0.25) is 0 Å². The molecule has 378 valence electrons. The number of imidazole rings is 2. The molecule has 4 amide bonds. The highest BCUT2D eigenvalue weighted by Crippen LogP contribution is 2.41. The SMILES string of the molecule is COCCNC(=O)N(CCCN)[C@@H](c1nc(-c2ccccc2)cn1Cc1cccc(-c2cccc(NC(=O)N(CCCN)[C@@H](c3nc(-c4ccccc4)cn3Cc3ccccc3)C(C)(C)C)c2)c1)C(C)(C)C. The number of ether oxygens (including phenoxy) is 1. The number of amides is 4. The van der Waals surface area contributed by atoms with Crippen molar-refractivity contribution in [1.29, 1.82) is 0 Å². The smallest absolute Gasteiger partial charge is 0.322 e. The second kappa shape index (κ2) is 24.4. The van der Waals surface area contributed by atoms with Crippen LogP contribution in [0.3, 0.4) is 0 Å². The summed E-state index contributed by atoms with van der Waals surface area (Å²) in [6.45, 7) is 16.6. The molecule has 0 saturated heterocycles. The highest BCUT2D eigenvalue weighted by molar-refractivity contribution is 5.90. The fourth-order valence-corrected chi connectivity index (χ4v) is 9.41. The van der Waals surface area contributed by atoms with Gasteiger partial charge < -0.3 is 45.8 Å². The Morgan fingerprint density at radius 3 is 1.53 bits per heavy atom. The lowest BCUT2D eigenvalue weighted by Gasteiger charge is -2.40. The number of methoxy groups -OCH3 is 1. The number of nitrogens with zero attached hydrogens (tertiary/aromatic N) is 6. The Morgan fingerprint density at radius 1 is 0.583 bits per heavy atom. The molecule has 0 aliphatic carbocycles. The van der Waals surface area contributed by atoms with Crippen molar-refractivity contribution in [3.63, 3.8) is 0 Å². The normalized spacial score (nSPS) is 12.6. The van der Waals surface area contributed by atoms with Crippen LogP contribution >= 0.6 is 0 Å². The minimum absolute atomic E-state index is 0.187. The molecule has 0 saturated carbocycles. The zero-order chi connectivity index (χ0) is 51.3. The minimum Gasteiger partial charge on any atom is -0.383 e. The van der Waals surface area contributed by atoms with E-state index in [0.717, 1.165) is 56.4 Å². The Bertz CT molecular complexity index is 2810. The molecule has 6 N–H and O–H groups in total. The first-order valence-corrected chi connectivity index (χ1v) is 25.2. The summed E-state index contributed by atoms with van der Waals surface area (Å²) in [5.74, 6) is 1.59. The number of hydrogen-bond acceptors (Lipinski definition) is 7. The fraction of sp³-hybridized carbons (Fsp3) is 0.356. The largest absolute Gasteiger partial charge is 0.383 e. The van der Waals surface area contributed by atoms with Gasteiger partial charge >= 0.3 is 12.1 Å². The third-order valence-electron chi connectivity index (χ3n) is 12.7. The van der Waals surface area contributed by atoms with E-state index in [-0.39, 0.29) is 12.1 Å². The number of carbonyl (C=O) groups is 2. The maximum Gasteiger partial charge on any atom is 0.322 e. The molecule has 7 rings (SSSR count). The zero-order valence-corrected chi connectivity index (χ0v) is 43.2.